The first-order valence-electron chi connectivity index (χ1n) is 7.28. The van der Waals surface area contributed by atoms with Crippen LogP contribution in [0.15, 0.2) is 30.3 Å². The number of esters is 1. The fourth-order valence-electron chi connectivity index (χ4n) is 2.52. The zero-order valence-corrected chi connectivity index (χ0v) is 12.6. The van der Waals surface area contributed by atoms with E-state index in [0.717, 1.165) is 19.6 Å². The van der Waals surface area contributed by atoms with Crippen LogP contribution in [0.5, 0.6) is 0 Å². The quantitative estimate of drug-likeness (QED) is 0.784. The normalized spacial score (nSPS) is 17.3. The van der Waals surface area contributed by atoms with Crippen molar-refractivity contribution in [2.24, 2.45) is 0 Å². The van der Waals surface area contributed by atoms with Crippen LogP contribution in [0.25, 0.3) is 0 Å². The molecular formula is C16H22N2O3. The van der Waals surface area contributed by atoms with Gasteiger partial charge in [-0.2, -0.15) is 0 Å². The molecule has 0 spiro atoms. The average Bonchev–Trinajstić information content (AvgIpc) is 2.47. The first kappa shape index (κ1) is 15.5. The largest absolute Gasteiger partial charge is 0.453 e. The predicted molar refractivity (Wildman–Crippen MR) is 79.5 cm³/mol. The molecule has 5 nitrogen and oxygen atoms in total. The fraction of sp³-hybridized carbons (Fsp3) is 0.500. The van der Waals surface area contributed by atoms with Crippen LogP contribution in [-0.4, -0.2) is 54.0 Å². The van der Waals surface area contributed by atoms with Crippen LogP contribution >= 0.6 is 0 Å². The van der Waals surface area contributed by atoms with Crippen LogP contribution in [-0.2, 0) is 20.9 Å². The van der Waals surface area contributed by atoms with Gasteiger partial charge in [-0.05, 0) is 12.5 Å². The maximum Gasteiger partial charge on any atom is 0.303 e. The third-order valence-corrected chi connectivity index (χ3v) is 3.62. The Kier molecular flexibility index (Phi) is 5.33. The maximum atomic E-state index is 12.1. The van der Waals surface area contributed by atoms with Crippen molar-refractivity contribution in [1.29, 1.82) is 0 Å². The molecule has 1 atom stereocenters. The van der Waals surface area contributed by atoms with E-state index in [1.54, 1.807) is 11.8 Å². The number of ether oxygens (including phenoxy) is 1. The lowest BCUT2D eigenvalue weighted by Gasteiger charge is -2.35. The van der Waals surface area contributed by atoms with Gasteiger partial charge in [0.05, 0.1) is 0 Å². The van der Waals surface area contributed by atoms with E-state index in [0.29, 0.717) is 13.1 Å². The van der Waals surface area contributed by atoms with Crippen molar-refractivity contribution in [3.05, 3.63) is 35.9 Å². The van der Waals surface area contributed by atoms with E-state index in [9.17, 15) is 9.59 Å². The van der Waals surface area contributed by atoms with Crippen molar-refractivity contribution in [2.45, 2.75) is 26.5 Å². The van der Waals surface area contributed by atoms with Crippen molar-refractivity contribution >= 4 is 11.9 Å². The molecule has 1 amide bonds. The summed E-state index contributed by atoms with van der Waals surface area (Å²) in [5.41, 5.74) is 1.28. The highest BCUT2D eigenvalue weighted by atomic mass is 16.5. The highest BCUT2D eigenvalue weighted by Crippen LogP contribution is 2.10. The van der Waals surface area contributed by atoms with E-state index in [4.69, 9.17) is 4.74 Å². The molecule has 2 rings (SSSR count). The average molecular weight is 290 g/mol. The van der Waals surface area contributed by atoms with Crippen molar-refractivity contribution in [1.82, 2.24) is 9.80 Å². The minimum atomic E-state index is -0.692. The molecule has 0 aliphatic carbocycles. The second-order valence-electron chi connectivity index (χ2n) is 5.34. The molecule has 0 radical (unpaired) electrons. The van der Waals surface area contributed by atoms with Gasteiger partial charge in [-0.25, -0.2) is 0 Å². The number of rotatable bonds is 4. The Morgan fingerprint density at radius 2 is 1.76 bits per heavy atom. The SMILES string of the molecule is CC(=O)OC(C)C(=O)N1CCN(Cc2ccccc2)CC1. The topological polar surface area (TPSA) is 49.9 Å². The van der Waals surface area contributed by atoms with Crippen LogP contribution in [0.1, 0.15) is 19.4 Å². The molecule has 0 aromatic heterocycles. The molecule has 1 fully saturated rings. The third kappa shape index (κ3) is 4.56. The van der Waals surface area contributed by atoms with E-state index in [2.05, 4.69) is 17.0 Å². The molecule has 1 heterocycles. The predicted octanol–water partition coefficient (Wildman–Crippen LogP) is 1.28. The minimum Gasteiger partial charge on any atom is -0.453 e. The van der Waals surface area contributed by atoms with Crippen LogP contribution in [0, 0.1) is 0 Å². The smallest absolute Gasteiger partial charge is 0.303 e. The lowest BCUT2D eigenvalue weighted by molar-refractivity contribution is -0.158. The molecule has 21 heavy (non-hydrogen) atoms. The van der Waals surface area contributed by atoms with E-state index in [-0.39, 0.29) is 5.91 Å². The Labute approximate surface area is 125 Å². The molecule has 0 bridgehead atoms. The van der Waals surface area contributed by atoms with Crippen LogP contribution in [0.4, 0.5) is 0 Å². The second kappa shape index (κ2) is 7.22. The Morgan fingerprint density at radius 3 is 2.33 bits per heavy atom. The molecule has 0 N–H and O–H groups in total. The minimum absolute atomic E-state index is 0.107. The van der Waals surface area contributed by atoms with Gasteiger partial charge < -0.3 is 9.64 Å². The second-order valence-corrected chi connectivity index (χ2v) is 5.34. The number of amides is 1. The summed E-state index contributed by atoms with van der Waals surface area (Å²) in [6.45, 7) is 6.89. The zero-order chi connectivity index (χ0) is 15.2. The maximum absolute atomic E-state index is 12.1. The summed E-state index contributed by atoms with van der Waals surface area (Å²) in [6, 6.07) is 10.3. The van der Waals surface area contributed by atoms with Gasteiger partial charge in [-0.15, -0.1) is 0 Å². The van der Waals surface area contributed by atoms with Crippen LogP contribution in [0.3, 0.4) is 0 Å². The molecule has 114 valence electrons. The van der Waals surface area contributed by atoms with E-state index in [1.807, 2.05) is 18.2 Å². The standard InChI is InChI=1S/C16H22N2O3/c1-13(21-14(2)19)16(20)18-10-8-17(9-11-18)12-15-6-4-3-5-7-15/h3-7,13H,8-12H2,1-2H3. The van der Waals surface area contributed by atoms with Gasteiger partial charge in [-0.1, -0.05) is 30.3 Å². The first-order valence-corrected chi connectivity index (χ1v) is 7.28. The molecule has 0 saturated carbocycles. The molecule has 1 aromatic rings. The molecule has 1 aliphatic rings. The molecule has 5 heteroatoms. The van der Waals surface area contributed by atoms with Crippen molar-refractivity contribution in [3.63, 3.8) is 0 Å². The van der Waals surface area contributed by atoms with Gasteiger partial charge >= 0.3 is 5.97 Å². The molecule has 1 saturated heterocycles. The van der Waals surface area contributed by atoms with E-state index < -0.39 is 12.1 Å². The Bertz CT molecular complexity index is 482. The number of carbonyl (C=O) groups is 2. The molecule has 1 unspecified atom stereocenters. The van der Waals surface area contributed by atoms with Crippen molar-refractivity contribution < 1.29 is 14.3 Å². The van der Waals surface area contributed by atoms with Crippen molar-refractivity contribution in [2.75, 3.05) is 26.2 Å². The molecular weight excluding hydrogens is 268 g/mol. The monoisotopic (exact) mass is 290 g/mol. The third-order valence-electron chi connectivity index (χ3n) is 3.62. The van der Waals surface area contributed by atoms with E-state index in [1.165, 1.54) is 12.5 Å². The summed E-state index contributed by atoms with van der Waals surface area (Å²) in [7, 11) is 0. The number of carbonyl (C=O) groups excluding carboxylic acids is 2. The summed E-state index contributed by atoms with van der Waals surface area (Å²) in [5, 5.41) is 0. The summed E-state index contributed by atoms with van der Waals surface area (Å²) >= 11 is 0. The van der Waals surface area contributed by atoms with Crippen LogP contribution in [0.2, 0.25) is 0 Å². The van der Waals surface area contributed by atoms with Gasteiger partial charge in [0.2, 0.25) is 0 Å². The fourth-order valence-corrected chi connectivity index (χ4v) is 2.52. The summed E-state index contributed by atoms with van der Waals surface area (Å²) in [6.07, 6.45) is -0.692. The van der Waals surface area contributed by atoms with Gasteiger partial charge in [0.15, 0.2) is 6.10 Å². The van der Waals surface area contributed by atoms with Gasteiger partial charge in [0, 0.05) is 39.6 Å². The Hall–Kier alpha value is -1.88. The Balaban J connectivity index is 1.80. The summed E-state index contributed by atoms with van der Waals surface area (Å²) in [4.78, 5) is 27.1. The number of benzene rings is 1. The number of nitrogens with zero attached hydrogens (tertiary/aromatic N) is 2. The lowest BCUT2D eigenvalue weighted by Crippen LogP contribution is -2.51. The van der Waals surface area contributed by atoms with Gasteiger partial charge in [0.1, 0.15) is 0 Å². The molecule has 1 aliphatic heterocycles. The lowest BCUT2D eigenvalue weighted by atomic mass is 10.2. The first-order chi connectivity index (χ1) is 10.1. The summed E-state index contributed by atoms with van der Waals surface area (Å²) < 4.78 is 4.94. The zero-order valence-electron chi connectivity index (χ0n) is 12.6. The Morgan fingerprint density at radius 1 is 1.14 bits per heavy atom. The summed E-state index contributed by atoms with van der Waals surface area (Å²) in [5.74, 6) is -0.525. The molecule has 1 aromatic carbocycles. The van der Waals surface area contributed by atoms with Gasteiger partial charge in [-0.3, -0.25) is 14.5 Å². The number of hydrogen-bond acceptors (Lipinski definition) is 4. The van der Waals surface area contributed by atoms with Gasteiger partial charge in [0.25, 0.3) is 5.91 Å². The van der Waals surface area contributed by atoms with Crippen molar-refractivity contribution in [3.8, 4) is 0 Å². The van der Waals surface area contributed by atoms with E-state index >= 15 is 0 Å². The van der Waals surface area contributed by atoms with Crippen LogP contribution < -0.4 is 0 Å². The highest BCUT2D eigenvalue weighted by molar-refractivity contribution is 5.83. The highest BCUT2D eigenvalue weighted by Gasteiger charge is 2.26. The number of piperazine rings is 1. The number of hydrogen-bond donors (Lipinski definition) is 0.